The van der Waals surface area contributed by atoms with Crippen LogP contribution in [0.2, 0.25) is 5.02 Å². The molecule has 0 aliphatic rings. The molecule has 0 aromatic heterocycles. The maximum atomic E-state index is 6.14. The van der Waals surface area contributed by atoms with Gasteiger partial charge in [0.1, 0.15) is 6.10 Å². The second kappa shape index (κ2) is 8.02. The number of nitrogens with two attached hydrogens (primary N) is 1. The van der Waals surface area contributed by atoms with Crippen molar-refractivity contribution >= 4 is 17.6 Å². The molecule has 0 heterocycles. The van der Waals surface area contributed by atoms with E-state index in [4.69, 9.17) is 22.1 Å². The van der Waals surface area contributed by atoms with E-state index in [-0.39, 0.29) is 6.10 Å². The number of aliphatic imine (C=N–C) groups is 1. The van der Waals surface area contributed by atoms with Gasteiger partial charge in [0, 0.05) is 23.7 Å². The molecule has 0 aliphatic heterocycles. The van der Waals surface area contributed by atoms with Crippen LogP contribution in [0.4, 0.5) is 0 Å². The van der Waals surface area contributed by atoms with Crippen LogP contribution < -0.4 is 11.1 Å². The molecule has 5 heteroatoms. The number of rotatable bonds is 6. The van der Waals surface area contributed by atoms with Crippen LogP contribution >= 0.6 is 11.6 Å². The Bertz CT molecular complexity index is 423. The SMILES string of the molecule is CCC(C)NC(N)=NCC(OC)c1ccccc1Cl. The normalized spacial score (nSPS) is 15.1. The summed E-state index contributed by atoms with van der Waals surface area (Å²) in [5, 5.41) is 3.79. The molecular formula is C14H22ClN3O. The Morgan fingerprint density at radius 1 is 1.47 bits per heavy atom. The minimum absolute atomic E-state index is 0.189. The highest BCUT2D eigenvalue weighted by Crippen LogP contribution is 2.25. The molecule has 0 fully saturated rings. The lowest BCUT2D eigenvalue weighted by molar-refractivity contribution is 0.111. The van der Waals surface area contributed by atoms with Crippen LogP contribution in [0, 0.1) is 0 Å². The van der Waals surface area contributed by atoms with Crippen molar-refractivity contribution in [2.45, 2.75) is 32.4 Å². The summed E-state index contributed by atoms with van der Waals surface area (Å²) >= 11 is 6.14. The zero-order valence-electron chi connectivity index (χ0n) is 11.7. The van der Waals surface area contributed by atoms with Gasteiger partial charge in [0.15, 0.2) is 5.96 Å². The van der Waals surface area contributed by atoms with Crippen molar-refractivity contribution in [2.75, 3.05) is 13.7 Å². The zero-order chi connectivity index (χ0) is 14.3. The molecule has 0 bridgehead atoms. The average Bonchev–Trinajstić information content (AvgIpc) is 2.41. The second-order valence-electron chi connectivity index (χ2n) is 4.43. The number of nitrogens with one attached hydrogen (secondary N) is 1. The number of nitrogens with zero attached hydrogens (tertiary/aromatic N) is 1. The number of methoxy groups -OCH3 is 1. The monoisotopic (exact) mass is 283 g/mol. The summed E-state index contributed by atoms with van der Waals surface area (Å²) in [5.74, 6) is 0.434. The van der Waals surface area contributed by atoms with Crippen molar-refractivity contribution < 1.29 is 4.74 Å². The van der Waals surface area contributed by atoms with E-state index >= 15 is 0 Å². The Balaban J connectivity index is 2.68. The topological polar surface area (TPSA) is 59.6 Å². The summed E-state index contributed by atoms with van der Waals surface area (Å²) in [4.78, 5) is 4.30. The Labute approximate surface area is 120 Å². The average molecular weight is 284 g/mol. The smallest absolute Gasteiger partial charge is 0.188 e. The standard InChI is InChI=1S/C14H22ClN3O/c1-4-10(2)18-14(16)17-9-13(19-3)11-7-5-6-8-12(11)15/h5-8,10,13H,4,9H2,1-3H3,(H3,16,17,18). The molecule has 0 saturated carbocycles. The third-order valence-electron chi connectivity index (χ3n) is 2.97. The van der Waals surface area contributed by atoms with E-state index < -0.39 is 0 Å². The molecule has 0 spiro atoms. The summed E-state index contributed by atoms with van der Waals surface area (Å²) in [6, 6.07) is 7.90. The van der Waals surface area contributed by atoms with Crippen LogP contribution in [0.1, 0.15) is 31.9 Å². The van der Waals surface area contributed by atoms with Gasteiger partial charge in [0.05, 0.1) is 6.54 Å². The molecule has 0 amide bonds. The van der Waals surface area contributed by atoms with E-state index in [0.29, 0.717) is 23.6 Å². The van der Waals surface area contributed by atoms with E-state index in [1.807, 2.05) is 24.3 Å². The fourth-order valence-corrected chi connectivity index (χ4v) is 1.87. The lowest BCUT2D eigenvalue weighted by Crippen LogP contribution is -2.38. The first-order valence-corrected chi connectivity index (χ1v) is 6.80. The maximum absolute atomic E-state index is 6.14. The van der Waals surface area contributed by atoms with Gasteiger partial charge in [-0.15, -0.1) is 0 Å². The molecule has 3 N–H and O–H groups in total. The Morgan fingerprint density at radius 3 is 2.74 bits per heavy atom. The first-order valence-electron chi connectivity index (χ1n) is 6.42. The maximum Gasteiger partial charge on any atom is 0.188 e. The summed E-state index contributed by atoms with van der Waals surface area (Å²) in [7, 11) is 1.64. The lowest BCUT2D eigenvalue weighted by Gasteiger charge is -2.16. The third kappa shape index (κ3) is 5.09. The zero-order valence-corrected chi connectivity index (χ0v) is 12.4. The van der Waals surface area contributed by atoms with Crippen molar-refractivity contribution in [3.63, 3.8) is 0 Å². The summed E-state index contributed by atoms with van der Waals surface area (Å²) in [5.41, 5.74) is 6.74. The fourth-order valence-electron chi connectivity index (χ4n) is 1.62. The van der Waals surface area contributed by atoms with E-state index in [2.05, 4.69) is 24.2 Å². The number of guanidine groups is 1. The van der Waals surface area contributed by atoms with Crippen molar-refractivity contribution in [2.24, 2.45) is 10.7 Å². The van der Waals surface area contributed by atoms with Crippen LogP contribution in [-0.4, -0.2) is 25.7 Å². The van der Waals surface area contributed by atoms with Gasteiger partial charge in [-0.25, -0.2) is 0 Å². The molecule has 2 atom stereocenters. The quantitative estimate of drug-likeness (QED) is 0.623. The number of hydrogen-bond acceptors (Lipinski definition) is 2. The number of ether oxygens (including phenoxy) is 1. The van der Waals surface area contributed by atoms with Gasteiger partial charge in [-0.3, -0.25) is 4.99 Å². The highest BCUT2D eigenvalue weighted by atomic mass is 35.5. The number of hydrogen-bond donors (Lipinski definition) is 2. The van der Waals surface area contributed by atoms with E-state index in [1.165, 1.54) is 0 Å². The molecule has 1 aromatic carbocycles. The van der Waals surface area contributed by atoms with Gasteiger partial charge in [0.2, 0.25) is 0 Å². The van der Waals surface area contributed by atoms with Crippen molar-refractivity contribution in [3.05, 3.63) is 34.9 Å². The number of benzene rings is 1. The second-order valence-corrected chi connectivity index (χ2v) is 4.83. The predicted octanol–water partition coefficient (Wildman–Crippen LogP) is 2.73. The molecule has 0 saturated heterocycles. The van der Waals surface area contributed by atoms with Crippen molar-refractivity contribution in [3.8, 4) is 0 Å². The highest BCUT2D eigenvalue weighted by molar-refractivity contribution is 6.31. The van der Waals surface area contributed by atoms with E-state index in [0.717, 1.165) is 12.0 Å². The molecule has 2 unspecified atom stereocenters. The molecule has 106 valence electrons. The van der Waals surface area contributed by atoms with Crippen LogP contribution in [0.25, 0.3) is 0 Å². The first kappa shape index (κ1) is 15.8. The lowest BCUT2D eigenvalue weighted by atomic mass is 10.1. The van der Waals surface area contributed by atoms with E-state index in [9.17, 15) is 0 Å². The number of halogens is 1. The molecule has 19 heavy (non-hydrogen) atoms. The van der Waals surface area contributed by atoms with E-state index in [1.54, 1.807) is 7.11 Å². The minimum Gasteiger partial charge on any atom is -0.375 e. The van der Waals surface area contributed by atoms with Gasteiger partial charge in [-0.05, 0) is 19.4 Å². The van der Waals surface area contributed by atoms with Crippen LogP contribution in [0.3, 0.4) is 0 Å². The predicted molar refractivity (Wildman–Crippen MR) is 80.6 cm³/mol. The molecule has 4 nitrogen and oxygen atoms in total. The van der Waals surface area contributed by atoms with Gasteiger partial charge >= 0.3 is 0 Å². The molecule has 1 rings (SSSR count). The third-order valence-corrected chi connectivity index (χ3v) is 3.31. The summed E-state index contributed by atoms with van der Waals surface area (Å²) < 4.78 is 5.42. The molecule has 1 aromatic rings. The largest absolute Gasteiger partial charge is 0.375 e. The summed E-state index contributed by atoms with van der Waals surface area (Å²) in [6.07, 6.45) is 0.806. The molecular weight excluding hydrogens is 262 g/mol. The molecule has 0 radical (unpaired) electrons. The van der Waals surface area contributed by atoms with Crippen LogP contribution in [0.5, 0.6) is 0 Å². The molecule has 0 aliphatic carbocycles. The highest BCUT2D eigenvalue weighted by Gasteiger charge is 2.13. The van der Waals surface area contributed by atoms with Gasteiger partial charge in [0.25, 0.3) is 0 Å². The van der Waals surface area contributed by atoms with Crippen molar-refractivity contribution in [1.82, 2.24) is 5.32 Å². The van der Waals surface area contributed by atoms with Gasteiger partial charge in [-0.2, -0.15) is 0 Å². The summed E-state index contributed by atoms with van der Waals surface area (Å²) in [6.45, 7) is 4.59. The Morgan fingerprint density at radius 2 is 2.16 bits per heavy atom. The van der Waals surface area contributed by atoms with Crippen molar-refractivity contribution in [1.29, 1.82) is 0 Å². The minimum atomic E-state index is -0.189. The Kier molecular flexibility index (Phi) is 6.67. The van der Waals surface area contributed by atoms with Crippen LogP contribution in [0.15, 0.2) is 29.3 Å². The Hall–Kier alpha value is -1.26. The van der Waals surface area contributed by atoms with Gasteiger partial charge in [-0.1, -0.05) is 36.7 Å². The van der Waals surface area contributed by atoms with Gasteiger partial charge < -0.3 is 15.8 Å². The fraction of sp³-hybridized carbons (Fsp3) is 0.500. The van der Waals surface area contributed by atoms with Crippen LogP contribution in [-0.2, 0) is 4.74 Å². The first-order chi connectivity index (χ1) is 9.08.